The molecular weight excluding hydrogens is 405 g/mol. The van der Waals surface area contributed by atoms with E-state index in [0.29, 0.717) is 22.9 Å². The molecule has 0 spiro atoms. The predicted octanol–water partition coefficient (Wildman–Crippen LogP) is 5.64. The minimum atomic E-state index is -5.11. The number of hydrogen-bond acceptors (Lipinski definition) is 5. The molecule has 0 saturated heterocycles. The first-order valence-electron chi connectivity index (χ1n) is 8.39. The molecule has 3 rings (SSSR count). The van der Waals surface area contributed by atoms with Crippen molar-refractivity contribution in [3.8, 4) is 11.5 Å². The molecule has 0 aliphatic heterocycles. The van der Waals surface area contributed by atoms with Gasteiger partial charge in [0.2, 0.25) is 0 Å². The van der Waals surface area contributed by atoms with Crippen LogP contribution >= 0.6 is 0 Å². The Morgan fingerprint density at radius 1 is 0.862 bits per heavy atom. The number of hydrogen-bond donors (Lipinski definition) is 3. The van der Waals surface area contributed by atoms with E-state index in [0.717, 1.165) is 17.7 Å². The first-order chi connectivity index (χ1) is 13.7. The number of benzene rings is 3. The van der Waals surface area contributed by atoms with Crippen LogP contribution in [-0.4, -0.2) is 14.8 Å². The highest BCUT2D eigenvalue weighted by atomic mass is 32.2. The van der Waals surface area contributed by atoms with Gasteiger partial charge in [-0.3, -0.25) is 0 Å². The second-order valence-corrected chi connectivity index (χ2v) is 8.13. The number of halogens is 3. The molecule has 152 valence electrons. The number of alkyl halides is 3. The number of ether oxygens (including phenoxy) is 1. The third-order valence-corrected chi connectivity index (χ3v) is 5.58. The van der Waals surface area contributed by atoms with Gasteiger partial charge in [0.05, 0.1) is 11.5 Å². The van der Waals surface area contributed by atoms with Crippen molar-refractivity contribution in [3.63, 3.8) is 0 Å². The molecule has 0 aliphatic carbocycles. The highest BCUT2D eigenvalue weighted by molar-refractivity contribution is 7.93. The van der Waals surface area contributed by atoms with Crippen LogP contribution in [0.1, 0.15) is 5.56 Å². The second kappa shape index (κ2) is 8.14. The third-order valence-electron chi connectivity index (χ3n) is 4.00. The maximum absolute atomic E-state index is 12.7. The molecule has 0 amide bonds. The Balaban J connectivity index is 1.66. The minimum absolute atomic E-state index is 0.0449. The van der Waals surface area contributed by atoms with Crippen molar-refractivity contribution >= 4 is 21.1 Å². The van der Waals surface area contributed by atoms with E-state index >= 15 is 0 Å². The number of aliphatic hydroxyl groups excluding tert-OH is 1. The summed E-state index contributed by atoms with van der Waals surface area (Å²) >= 11 is 0. The van der Waals surface area contributed by atoms with Crippen LogP contribution in [0.25, 0.3) is 0 Å². The van der Waals surface area contributed by atoms with Crippen LogP contribution in [0.4, 0.5) is 24.5 Å². The van der Waals surface area contributed by atoms with Gasteiger partial charge < -0.3 is 15.2 Å². The van der Waals surface area contributed by atoms with E-state index in [4.69, 9.17) is 14.6 Å². The van der Waals surface area contributed by atoms with Crippen molar-refractivity contribution in [1.29, 1.82) is 4.78 Å². The lowest BCUT2D eigenvalue weighted by Crippen LogP contribution is -2.21. The average Bonchev–Trinajstić information content (AvgIpc) is 2.70. The van der Waals surface area contributed by atoms with E-state index in [1.165, 1.54) is 12.1 Å². The van der Waals surface area contributed by atoms with Crippen molar-refractivity contribution in [2.24, 2.45) is 0 Å². The maximum Gasteiger partial charge on any atom is 0.483 e. The fourth-order valence-electron chi connectivity index (χ4n) is 2.44. The van der Waals surface area contributed by atoms with Crippen LogP contribution < -0.4 is 10.1 Å². The summed E-state index contributed by atoms with van der Waals surface area (Å²) in [5.41, 5.74) is -3.18. The van der Waals surface area contributed by atoms with Crippen molar-refractivity contribution in [2.45, 2.75) is 17.0 Å². The van der Waals surface area contributed by atoms with Crippen LogP contribution in [-0.2, 0) is 16.3 Å². The van der Waals surface area contributed by atoms with Gasteiger partial charge in [-0.1, -0.05) is 12.1 Å². The summed E-state index contributed by atoms with van der Waals surface area (Å²) < 4.78 is 62.5. The predicted molar refractivity (Wildman–Crippen MR) is 104 cm³/mol. The van der Waals surface area contributed by atoms with E-state index in [1.807, 2.05) is 0 Å². The summed E-state index contributed by atoms with van der Waals surface area (Å²) in [6.45, 7) is -0.0449. The summed E-state index contributed by atoms with van der Waals surface area (Å²) in [7, 11) is -4.86. The quantitative estimate of drug-likeness (QED) is 0.480. The highest BCUT2D eigenvalue weighted by Gasteiger charge is 2.43. The number of aliphatic hydroxyl groups is 1. The molecule has 5 nitrogen and oxygen atoms in total. The Hall–Kier alpha value is -3.04. The summed E-state index contributed by atoms with van der Waals surface area (Å²) in [6, 6.07) is 18.6. The lowest BCUT2D eigenvalue weighted by molar-refractivity contribution is -0.0406. The first kappa shape index (κ1) is 20.7. The zero-order valence-electron chi connectivity index (χ0n) is 14.9. The Morgan fingerprint density at radius 2 is 1.31 bits per heavy atom. The topological polar surface area (TPSA) is 82.4 Å². The second-order valence-electron chi connectivity index (χ2n) is 6.08. The van der Waals surface area contributed by atoms with Gasteiger partial charge in [0, 0.05) is 11.4 Å². The van der Waals surface area contributed by atoms with Gasteiger partial charge in [-0.05, 0) is 66.2 Å². The van der Waals surface area contributed by atoms with Gasteiger partial charge in [-0.15, -0.1) is 0 Å². The Labute approximate surface area is 165 Å². The summed E-state index contributed by atoms with van der Waals surface area (Å²) in [6.07, 6.45) is 0. The Morgan fingerprint density at radius 3 is 1.76 bits per heavy atom. The molecule has 3 aromatic carbocycles. The smallest absolute Gasteiger partial charge is 0.457 e. The molecule has 0 bridgehead atoms. The van der Waals surface area contributed by atoms with Gasteiger partial charge in [-0.2, -0.15) is 13.2 Å². The fourth-order valence-corrected chi connectivity index (χ4v) is 3.22. The van der Waals surface area contributed by atoms with E-state index in [9.17, 15) is 17.4 Å². The molecule has 29 heavy (non-hydrogen) atoms. The fraction of sp³-hybridized carbons (Fsp3) is 0.100. The highest BCUT2D eigenvalue weighted by Crippen LogP contribution is 2.32. The van der Waals surface area contributed by atoms with Crippen LogP contribution in [0.3, 0.4) is 0 Å². The zero-order chi connectivity index (χ0) is 21.1. The molecule has 0 saturated carbocycles. The maximum atomic E-state index is 12.7. The van der Waals surface area contributed by atoms with Crippen LogP contribution in [0, 0.1) is 4.78 Å². The zero-order valence-corrected chi connectivity index (χ0v) is 15.8. The van der Waals surface area contributed by atoms with Gasteiger partial charge in [0.15, 0.2) is 9.73 Å². The first-order valence-corrected chi connectivity index (χ1v) is 9.95. The standard InChI is InChI=1S/C20H17F3N2O3S/c21-20(22,23)29(24,27)19-11-5-16(6-12-19)25-15-3-9-18(10-4-15)28-17-7-1-14(13-26)2-8-17/h1-12,24-26H,13H2. The SMILES string of the molecule is N=S(=O)(c1ccc(Nc2ccc(Oc3ccc(CO)cc3)cc2)cc1)C(F)(F)F. The Kier molecular flexibility index (Phi) is 5.81. The van der Waals surface area contributed by atoms with Crippen molar-refractivity contribution in [2.75, 3.05) is 5.32 Å². The molecule has 9 heteroatoms. The normalized spacial score (nSPS) is 13.5. The number of nitrogens with one attached hydrogen (secondary N) is 2. The molecule has 0 fully saturated rings. The summed E-state index contributed by atoms with van der Waals surface area (Å²) in [4.78, 5) is -0.591. The molecule has 3 N–H and O–H groups in total. The lowest BCUT2D eigenvalue weighted by Gasteiger charge is -2.12. The lowest BCUT2D eigenvalue weighted by atomic mass is 10.2. The van der Waals surface area contributed by atoms with E-state index in [1.54, 1.807) is 48.5 Å². The monoisotopic (exact) mass is 422 g/mol. The van der Waals surface area contributed by atoms with Crippen LogP contribution in [0.15, 0.2) is 77.7 Å². The average molecular weight is 422 g/mol. The molecule has 3 aromatic rings. The third kappa shape index (κ3) is 4.87. The van der Waals surface area contributed by atoms with Gasteiger partial charge in [0.25, 0.3) is 0 Å². The van der Waals surface area contributed by atoms with Gasteiger partial charge >= 0.3 is 5.51 Å². The summed E-state index contributed by atoms with van der Waals surface area (Å²) in [5, 5.41) is 12.0. The molecule has 0 heterocycles. The van der Waals surface area contributed by atoms with Crippen LogP contribution in [0.5, 0.6) is 11.5 Å². The molecule has 0 radical (unpaired) electrons. The number of rotatable bonds is 6. The van der Waals surface area contributed by atoms with Crippen LogP contribution in [0.2, 0.25) is 0 Å². The molecule has 1 atom stereocenters. The summed E-state index contributed by atoms with van der Waals surface area (Å²) in [5.74, 6) is 1.20. The molecule has 0 aromatic heterocycles. The van der Waals surface area contributed by atoms with Gasteiger partial charge in [0.1, 0.15) is 11.5 Å². The van der Waals surface area contributed by atoms with E-state index in [-0.39, 0.29) is 6.61 Å². The molecule has 1 unspecified atom stereocenters. The van der Waals surface area contributed by atoms with Crippen molar-refractivity contribution < 1.29 is 27.2 Å². The van der Waals surface area contributed by atoms with Gasteiger partial charge in [-0.25, -0.2) is 8.99 Å². The largest absolute Gasteiger partial charge is 0.483 e. The van der Waals surface area contributed by atoms with Crippen molar-refractivity contribution in [1.82, 2.24) is 0 Å². The van der Waals surface area contributed by atoms with E-state index in [2.05, 4.69) is 5.32 Å². The minimum Gasteiger partial charge on any atom is -0.457 e. The molecule has 0 aliphatic rings. The molecular formula is C20H17F3N2O3S. The van der Waals surface area contributed by atoms with Crippen molar-refractivity contribution in [3.05, 3.63) is 78.4 Å². The van der Waals surface area contributed by atoms with E-state index < -0.39 is 20.1 Å². The number of anilines is 2. The Bertz CT molecular complexity index is 1060.